The van der Waals surface area contributed by atoms with Crippen molar-refractivity contribution in [2.75, 3.05) is 13.7 Å². The van der Waals surface area contributed by atoms with Gasteiger partial charge in [-0.05, 0) is 12.8 Å². The van der Waals surface area contributed by atoms with Crippen LogP contribution in [0.3, 0.4) is 0 Å². The highest BCUT2D eigenvalue weighted by Crippen LogP contribution is 2.26. The van der Waals surface area contributed by atoms with Crippen LogP contribution >= 0.6 is 0 Å². The van der Waals surface area contributed by atoms with E-state index in [0.717, 1.165) is 12.8 Å². The quantitative estimate of drug-likeness (QED) is 0.781. The Bertz CT molecular complexity index is 152. The van der Waals surface area contributed by atoms with Gasteiger partial charge in [0.25, 0.3) is 0 Å². The molecule has 2 heteroatoms. The first-order valence-electron chi connectivity index (χ1n) is 7.08. The minimum atomic E-state index is -0.0147. The van der Waals surface area contributed by atoms with Crippen molar-refractivity contribution in [1.29, 1.82) is 0 Å². The molecule has 0 amide bonds. The van der Waals surface area contributed by atoms with Gasteiger partial charge in [-0.15, -0.1) is 0 Å². The van der Waals surface area contributed by atoms with Crippen molar-refractivity contribution >= 4 is 0 Å². The van der Waals surface area contributed by atoms with E-state index in [-0.39, 0.29) is 5.60 Å². The molecule has 0 bridgehead atoms. The van der Waals surface area contributed by atoms with Gasteiger partial charge in [-0.1, -0.05) is 57.8 Å². The fourth-order valence-electron chi connectivity index (χ4n) is 2.75. The Morgan fingerprint density at radius 1 is 0.812 bits per heavy atom. The number of rotatable bonds is 2. The van der Waals surface area contributed by atoms with Gasteiger partial charge in [0.2, 0.25) is 0 Å². The van der Waals surface area contributed by atoms with Gasteiger partial charge in [0.1, 0.15) is 0 Å². The number of ether oxygens (including phenoxy) is 1. The average molecular weight is 227 g/mol. The molecule has 96 valence electrons. The van der Waals surface area contributed by atoms with Crippen molar-refractivity contribution in [2.45, 2.75) is 76.2 Å². The van der Waals surface area contributed by atoms with E-state index in [9.17, 15) is 0 Å². The lowest BCUT2D eigenvalue weighted by molar-refractivity contribution is -0.0205. The first-order valence-corrected chi connectivity index (χ1v) is 7.08. The summed E-state index contributed by atoms with van der Waals surface area (Å²) in [6, 6.07) is 0. The highest BCUT2D eigenvalue weighted by atomic mass is 16.5. The van der Waals surface area contributed by atoms with Gasteiger partial charge in [0.15, 0.2) is 0 Å². The Hall–Kier alpha value is -0.0800. The van der Waals surface area contributed by atoms with Crippen LogP contribution in [0.1, 0.15) is 70.6 Å². The molecule has 0 heterocycles. The minimum Gasteiger partial charge on any atom is -0.377 e. The Balaban J connectivity index is 2.41. The molecular formula is C14H29NO. The predicted octanol–water partition coefficient (Wildman–Crippen LogP) is 3.64. The molecule has 1 saturated carbocycles. The van der Waals surface area contributed by atoms with Crippen LogP contribution < -0.4 is 5.73 Å². The van der Waals surface area contributed by atoms with Crippen LogP contribution in [0.5, 0.6) is 0 Å². The number of hydrogen-bond donors (Lipinski definition) is 1. The third-order valence-corrected chi connectivity index (χ3v) is 4.07. The zero-order chi connectivity index (χ0) is 11.7. The highest BCUT2D eigenvalue weighted by Gasteiger charge is 2.26. The van der Waals surface area contributed by atoms with Crippen molar-refractivity contribution < 1.29 is 4.74 Å². The van der Waals surface area contributed by atoms with E-state index in [4.69, 9.17) is 10.5 Å². The summed E-state index contributed by atoms with van der Waals surface area (Å²) >= 11 is 0. The van der Waals surface area contributed by atoms with Crippen molar-refractivity contribution in [3.8, 4) is 0 Å². The third kappa shape index (κ3) is 4.84. The predicted molar refractivity (Wildman–Crippen MR) is 69.6 cm³/mol. The molecule has 1 aliphatic carbocycles. The van der Waals surface area contributed by atoms with Gasteiger partial charge in [-0.25, -0.2) is 0 Å². The first kappa shape index (κ1) is 14.0. The number of hydrogen-bond acceptors (Lipinski definition) is 2. The minimum absolute atomic E-state index is 0.0147. The van der Waals surface area contributed by atoms with Crippen molar-refractivity contribution in [3.63, 3.8) is 0 Å². The lowest BCUT2D eigenvalue weighted by Crippen LogP contribution is -2.39. The van der Waals surface area contributed by atoms with E-state index in [1.807, 2.05) is 7.11 Å². The van der Waals surface area contributed by atoms with Crippen LogP contribution in [0, 0.1) is 0 Å². The maximum Gasteiger partial charge on any atom is 0.0800 e. The summed E-state index contributed by atoms with van der Waals surface area (Å²) in [6.07, 6.45) is 14.6. The summed E-state index contributed by atoms with van der Waals surface area (Å²) < 4.78 is 5.71. The van der Waals surface area contributed by atoms with Gasteiger partial charge >= 0.3 is 0 Å². The topological polar surface area (TPSA) is 35.2 Å². The summed E-state index contributed by atoms with van der Waals surface area (Å²) in [5.41, 5.74) is 5.89. The molecule has 0 unspecified atom stereocenters. The molecule has 2 nitrogen and oxygen atoms in total. The van der Waals surface area contributed by atoms with E-state index >= 15 is 0 Å². The summed E-state index contributed by atoms with van der Waals surface area (Å²) in [5, 5.41) is 0. The Labute approximate surface area is 101 Å². The SMILES string of the molecule is COC1(CN)CCCCCCCCCCC1. The highest BCUT2D eigenvalue weighted by molar-refractivity contribution is 4.81. The standard InChI is InChI=1S/C14H29NO/c1-16-14(13-15)11-9-7-5-3-2-4-6-8-10-12-14/h2-13,15H2,1H3. The largest absolute Gasteiger partial charge is 0.377 e. The molecule has 1 fully saturated rings. The lowest BCUT2D eigenvalue weighted by Gasteiger charge is -2.31. The zero-order valence-corrected chi connectivity index (χ0v) is 11.0. The monoisotopic (exact) mass is 227 g/mol. The third-order valence-electron chi connectivity index (χ3n) is 4.07. The molecule has 0 spiro atoms. The van der Waals surface area contributed by atoms with E-state index in [0.29, 0.717) is 6.54 Å². The van der Waals surface area contributed by atoms with Gasteiger partial charge < -0.3 is 10.5 Å². The summed E-state index contributed by atoms with van der Waals surface area (Å²) in [5.74, 6) is 0. The molecule has 0 aromatic rings. The van der Waals surface area contributed by atoms with Crippen LogP contribution in [-0.4, -0.2) is 19.3 Å². The molecule has 0 aromatic carbocycles. The molecule has 2 N–H and O–H groups in total. The first-order chi connectivity index (χ1) is 7.83. The molecular weight excluding hydrogens is 198 g/mol. The molecule has 0 aliphatic heterocycles. The molecule has 0 saturated heterocycles. The average Bonchev–Trinajstić information content (AvgIpc) is 2.31. The van der Waals surface area contributed by atoms with Crippen LogP contribution in [0.2, 0.25) is 0 Å². The summed E-state index contributed by atoms with van der Waals surface area (Å²) in [4.78, 5) is 0. The van der Waals surface area contributed by atoms with Gasteiger partial charge in [0.05, 0.1) is 5.60 Å². The Morgan fingerprint density at radius 3 is 1.50 bits per heavy atom. The molecule has 1 rings (SSSR count). The number of methoxy groups -OCH3 is 1. The van der Waals surface area contributed by atoms with Crippen LogP contribution in [0.25, 0.3) is 0 Å². The normalized spacial score (nSPS) is 24.4. The van der Waals surface area contributed by atoms with E-state index in [1.54, 1.807) is 0 Å². The summed E-state index contributed by atoms with van der Waals surface area (Å²) in [6.45, 7) is 0.684. The molecule has 16 heavy (non-hydrogen) atoms. The second-order valence-electron chi connectivity index (χ2n) is 5.27. The fraction of sp³-hybridized carbons (Fsp3) is 1.00. The van der Waals surface area contributed by atoms with Gasteiger partial charge in [-0.2, -0.15) is 0 Å². The molecule has 1 aliphatic rings. The van der Waals surface area contributed by atoms with E-state index in [1.165, 1.54) is 57.8 Å². The smallest absolute Gasteiger partial charge is 0.0800 e. The van der Waals surface area contributed by atoms with Crippen molar-refractivity contribution in [2.24, 2.45) is 5.73 Å². The second-order valence-corrected chi connectivity index (χ2v) is 5.27. The fourth-order valence-corrected chi connectivity index (χ4v) is 2.75. The maximum atomic E-state index is 5.90. The lowest BCUT2D eigenvalue weighted by atomic mass is 9.88. The molecule has 0 radical (unpaired) electrons. The second kappa shape index (κ2) is 8.08. The molecule has 0 aromatic heterocycles. The van der Waals surface area contributed by atoms with E-state index in [2.05, 4.69) is 0 Å². The van der Waals surface area contributed by atoms with Crippen molar-refractivity contribution in [3.05, 3.63) is 0 Å². The molecule has 0 atom stereocenters. The Kier molecular flexibility index (Phi) is 7.06. The van der Waals surface area contributed by atoms with Gasteiger partial charge in [-0.3, -0.25) is 0 Å². The van der Waals surface area contributed by atoms with Crippen LogP contribution in [0.4, 0.5) is 0 Å². The van der Waals surface area contributed by atoms with Crippen molar-refractivity contribution in [1.82, 2.24) is 0 Å². The zero-order valence-electron chi connectivity index (χ0n) is 11.0. The maximum absolute atomic E-state index is 5.90. The number of nitrogens with two attached hydrogens (primary N) is 1. The van der Waals surface area contributed by atoms with E-state index < -0.39 is 0 Å². The Morgan fingerprint density at radius 2 is 1.19 bits per heavy atom. The summed E-state index contributed by atoms with van der Waals surface area (Å²) in [7, 11) is 1.83. The van der Waals surface area contributed by atoms with Crippen LogP contribution in [-0.2, 0) is 4.74 Å². The van der Waals surface area contributed by atoms with Crippen LogP contribution in [0.15, 0.2) is 0 Å². The van der Waals surface area contributed by atoms with Gasteiger partial charge in [0, 0.05) is 13.7 Å².